The van der Waals surface area contributed by atoms with Crippen LogP contribution in [0.5, 0.6) is 0 Å². The first-order chi connectivity index (χ1) is 73.6. The molecule has 25 rings (SSSR count). The van der Waals surface area contributed by atoms with E-state index in [9.17, 15) is 0 Å². The highest BCUT2D eigenvalue weighted by atomic mass is 15.2. The van der Waals surface area contributed by atoms with E-state index >= 15 is 0 Å². The molecule has 0 saturated heterocycles. The van der Waals surface area contributed by atoms with Gasteiger partial charge in [0.25, 0.3) is 0 Å². The molecule has 0 atom stereocenters. The van der Waals surface area contributed by atoms with Gasteiger partial charge in [-0.15, -0.1) is 0 Å². The normalized spacial score (nSPS) is 11.6. The molecule has 0 fully saturated rings. The maximum absolute atomic E-state index is 2.41. The lowest BCUT2D eigenvalue weighted by Crippen LogP contribution is -2.16. The number of nitrogens with zero attached hydrogens (tertiary/aromatic N) is 6. The van der Waals surface area contributed by atoms with Gasteiger partial charge in [0.1, 0.15) is 0 Å². The Morgan fingerprint density at radius 3 is 0.557 bits per heavy atom. The van der Waals surface area contributed by atoms with Gasteiger partial charge in [-0.25, -0.2) is 0 Å². The summed E-state index contributed by atoms with van der Waals surface area (Å²) in [6, 6.07) is 219. The Balaban J connectivity index is 0.000000160. The zero-order valence-corrected chi connectivity index (χ0v) is 82.9. The standard InChI is InChI=1S/C75H57N3.C68H49N3/c1-75(2)73-26-16-15-25-71(73)72-52-51-70(53-74(72)75)78(68-47-35-60(36-48-68)58-31-43-66(44-32-58)76(62-21-11-5-12-22-62)64-39-27-56(28-40-64)54-17-7-3-8-18-54)69-49-37-61(38-50-69)59-33-45-67(46-34-59)77(63-23-13-6-14-24-63)65-41-29-57(30-42-65)55-19-9-4-10-20-55;1-4-16-50(17-5-1)51-30-40-60(41-31-51)69(61-42-32-52(33-43-61)54-36-46-63(47-37-54)70(58-22-6-2-7-23-58)67-28-14-20-56-18-10-12-26-65(56)67)62-44-34-53(35-45-62)55-38-48-64(49-39-55)71(59-24-8-3-9-25-59)68-29-15-21-57-19-11-13-27-66(57)68/h3-53H,1-2H3;1-49H. The first kappa shape index (κ1) is 92.0. The van der Waals surface area contributed by atoms with E-state index in [1.165, 1.54) is 77.2 Å². The molecule has 0 aliphatic heterocycles. The first-order valence-electron chi connectivity index (χ1n) is 51.1. The summed E-state index contributed by atoms with van der Waals surface area (Å²) in [7, 11) is 0. The highest BCUT2D eigenvalue weighted by molar-refractivity contribution is 6.02. The minimum absolute atomic E-state index is 0.136. The molecule has 1 aliphatic carbocycles. The van der Waals surface area contributed by atoms with Gasteiger partial charge in [-0.3, -0.25) is 0 Å². The second-order valence-electron chi connectivity index (χ2n) is 38.4. The summed E-state index contributed by atoms with van der Waals surface area (Å²) >= 11 is 0. The zero-order valence-electron chi connectivity index (χ0n) is 82.9. The van der Waals surface area contributed by atoms with Crippen molar-refractivity contribution < 1.29 is 0 Å². The second kappa shape index (κ2) is 41.5. The molecule has 0 bridgehead atoms. The first-order valence-corrected chi connectivity index (χ1v) is 51.1. The van der Waals surface area contributed by atoms with E-state index < -0.39 is 0 Å². The van der Waals surface area contributed by atoms with Crippen LogP contribution >= 0.6 is 0 Å². The van der Waals surface area contributed by atoms with Crippen LogP contribution in [0.25, 0.3) is 111 Å². The molecule has 6 heteroatoms. The van der Waals surface area contributed by atoms with Gasteiger partial charge in [-0.05, 0) is 317 Å². The van der Waals surface area contributed by atoms with Crippen LogP contribution in [0.4, 0.5) is 102 Å². The third-order valence-corrected chi connectivity index (χ3v) is 28.9. The van der Waals surface area contributed by atoms with Crippen LogP contribution in [0.2, 0.25) is 0 Å². The third kappa shape index (κ3) is 19.1. The highest BCUT2D eigenvalue weighted by Gasteiger charge is 2.36. The van der Waals surface area contributed by atoms with Crippen molar-refractivity contribution in [2.75, 3.05) is 29.4 Å². The maximum atomic E-state index is 2.41. The van der Waals surface area contributed by atoms with Crippen molar-refractivity contribution in [2.45, 2.75) is 19.3 Å². The third-order valence-electron chi connectivity index (χ3n) is 28.9. The fraction of sp³-hybridized carbons (Fsp3) is 0.0210. The lowest BCUT2D eigenvalue weighted by atomic mass is 9.82. The molecule has 6 nitrogen and oxygen atoms in total. The number of fused-ring (bicyclic) bond motifs is 5. The SMILES string of the molecule is CC1(C)c2ccccc2-c2ccc(N(c3ccc(-c4ccc(N(c5ccccc5)c5ccc(-c6ccccc6)cc5)cc4)cc3)c3ccc(-c4ccc(N(c5ccccc5)c5ccc(-c6ccccc6)cc5)cc4)cc3)cc21.c1ccc(-c2ccc(N(c3ccc(-c4ccc(N(c5ccccc5)c5cccc6ccccc56)cc4)cc3)c3ccc(-c4ccc(N(c5ccccc5)c5cccc6ccccc56)cc4)cc3)cc2)cc1. The van der Waals surface area contributed by atoms with Gasteiger partial charge in [0.15, 0.2) is 0 Å². The minimum Gasteiger partial charge on any atom is -0.311 e. The van der Waals surface area contributed by atoms with E-state index in [4.69, 9.17) is 0 Å². The molecule has 0 N–H and O–H groups in total. The number of benzene rings is 24. The van der Waals surface area contributed by atoms with Crippen molar-refractivity contribution in [3.8, 4) is 89.0 Å². The number of para-hydroxylation sites is 4. The highest BCUT2D eigenvalue weighted by Crippen LogP contribution is 2.53. The van der Waals surface area contributed by atoms with Crippen LogP contribution in [0, 0.1) is 0 Å². The number of hydrogen-bond donors (Lipinski definition) is 0. The van der Waals surface area contributed by atoms with Crippen LogP contribution in [0.3, 0.4) is 0 Å². The van der Waals surface area contributed by atoms with Gasteiger partial charge in [-0.2, -0.15) is 0 Å². The summed E-state index contributed by atoms with van der Waals surface area (Å²) < 4.78 is 0. The van der Waals surface area contributed by atoms with Gasteiger partial charge in [0, 0.05) is 107 Å². The van der Waals surface area contributed by atoms with E-state index in [2.05, 4.69) is 650 Å². The Morgan fingerprint density at radius 1 is 0.121 bits per heavy atom. The molecule has 0 unspecified atom stereocenters. The predicted octanol–water partition coefficient (Wildman–Crippen LogP) is 40.5. The molecular weight excluding hydrogens is 1800 g/mol. The average molecular weight is 1910 g/mol. The van der Waals surface area contributed by atoms with Gasteiger partial charge in [0.05, 0.1) is 11.4 Å². The summed E-state index contributed by atoms with van der Waals surface area (Å²) in [5, 5.41) is 4.86. The number of hydrogen-bond acceptors (Lipinski definition) is 6. The van der Waals surface area contributed by atoms with Crippen LogP contribution in [-0.4, -0.2) is 0 Å². The summed E-state index contributed by atoms with van der Waals surface area (Å²) in [5.74, 6) is 0. The average Bonchev–Trinajstić information content (AvgIpc) is 1.59. The molecule has 24 aromatic carbocycles. The Labute approximate surface area is 873 Å². The predicted molar refractivity (Wildman–Crippen MR) is 632 cm³/mol. The smallest absolute Gasteiger partial charge is 0.0540 e. The zero-order chi connectivity index (χ0) is 99.8. The lowest BCUT2D eigenvalue weighted by molar-refractivity contribution is 0.660. The summed E-state index contributed by atoms with van der Waals surface area (Å²) in [4.78, 5) is 14.1. The molecule has 1 aliphatic rings. The van der Waals surface area contributed by atoms with Gasteiger partial charge in [-0.1, -0.05) is 414 Å². The van der Waals surface area contributed by atoms with Gasteiger partial charge < -0.3 is 29.4 Å². The Morgan fingerprint density at radius 2 is 0.295 bits per heavy atom. The Bertz CT molecular complexity index is 8280. The Hall–Kier alpha value is -19.4. The molecule has 0 amide bonds. The van der Waals surface area contributed by atoms with Crippen LogP contribution < -0.4 is 29.4 Å². The molecule has 0 spiro atoms. The molecule has 24 aromatic rings. The van der Waals surface area contributed by atoms with E-state index in [1.54, 1.807) is 0 Å². The summed E-state index contributed by atoms with van der Waals surface area (Å²) in [5.41, 5.74) is 41.6. The monoisotopic (exact) mass is 1910 g/mol. The van der Waals surface area contributed by atoms with E-state index in [1.807, 2.05) is 0 Å². The fourth-order valence-corrected chi connectivity index (χ4v) is 21.3. The van der Waals surface area contributed by atoms with Crippen LogP contribution in [0.15, 0.2) is 607 Å². The van der Waals surface area contributed by atoms with Crippen molar-refractivity contribution in [3.63, 3.8) is 0 Å². The van der Waals surface area contributed by atoms with E-state index in [-0.39, 0.29) is 5.41 Å². The van der Waals surface area contributed by atoms with E-state index in [0.29, 0.717) is 0 Å². The van der Waals surface area contributed by atoms with Gasteiger partial charge in [0.2, 0.25) is 0 Å². The van der Waals surface area contributed by atoms with Crippen molar-refractivity contribution in [1.82, 2.24) is 0 Å². The van der Waals surface area contributed by atoms with Crippen molar-refractivity contribution in [2.24, 2.45) is 0 Å². The maximum Gasteiger partial charge on any atom is 0.0540 e. The fourth-order valence-electron chi connectivity index (χ4n) is 21.3. The van der Waals surface area contributed by atoms with Gasteiger partial charge >= 0.3 is 0 Å². The van der Waals surface area contributed by atoms with Crippen molar-refractivity contribution in [1.29, 1.82) is 0 Å². The van der Waals surface area contributed by atoms with Crippen molar-refractivity contribution in [3.05, 3.63) is 618 Å². The van der Waals surface area contributed by atoms with Crippen LogP contribution in [-0.2, 0) is 5.41 Å². The number of rotatable bonds is 25. The molecule has 0 saturated carbocycles. The summed E-state index contributed by atoms with van der Waals surface area (Å²) in [6.45, 7) is 4.71. The Kier molecular flexibility index (Phi) is 25.6. The van der Waals surface area contributed by atoms with Crippen LogP contribution in [0.1, 0.15) is 25.0 Å². The number of anilines is 18. The molecule has 0 radical (unpaired) electrons. The minimum atomic E-state index is -0.136. The molecule has 0 heterocycles. The molecular formula is C143H106N6. The molecule has 708 valence electrons. The summed E-state index contributed by atoms with van der Waals surface area (Å²) in [6.07, 6.45) is 0. The largest absolute Gasteiger partial charge is 0.311 e. The molecule has 0 aromatic heterocycles. The second-order valence-corrected chi connectivity index (χ2v) is 38.4. The van der Waals surface area contributed by atoms with Crippen molar-refractivity contribution >= 4 is 124 Å². The quantitative estimate of drug-likeness (QED) is 0.0564. The topological polar surface area (TPSA) is 19.4 Å². The molecule has 149 heavy (non-hydrogen) atoms. The lowest BCUT2D eigenvalue weighted by Gasteiger charge is -2.28. The van der Waals surface area contributed by atoms with E-state index in [0.717, 1.165) is 147 Å².